The molecule has 1 amide bonds. The Kier molecular flexibility index (Phi) is 5.37. The zero-order valence-corrected chi connectivity index (χ0v) is 9.65. The highest BCUT2D eigenvalue weighted by Crippen LogP contribution is 2.15. The number of nitrogens with one attached hydrogen (secondary N) is 2. The number of para-hydroxylation sites is 1. The summed E-state index contributed by atoms with van der Waals surface area (Å²) in [4.78, 5) is 11.4. The standard InChI is InChI=1S/C12H14FN3O2/c13-10-3-1-2-4-11(10)18-6-5-12(17)16-9(7-14)8-15/h1-4,7-8,14H,5-6,15H2,(H,16,17)/b9-8+,14-7?. The largest absolute Gasteiger partial charge is 0.490 e. The highest BCUT2D eigenvalue weighted by Gasteiger charge is 2.05. The first kappa shape index (κ1) is 13.7. The van der Waals surface area contributed by atoms with Crippen molar-refractivity contribution in [2.24, 2.45) is 5.73 Å². The molecule has 4 N–H and O–H groups in total. The summed E-state index contributed by atoms with van der Waals surface area (Å²) in [5.41, 5.74) is 5.36. The first-order chi connectivity index (χ1) is 8.67. The average Bonchev–Trinajstić information content (AvgIpc) is 2.38. The number of benzene rings is 1. The molecular formula is C12H14FN3O2. The van der Waals surface area contributed by atoms with Gasteiger partial charge in [0.1, 0.15) is 0 Å². The minimum Gasteiger partial charge on any atom is -0.490 e. The van der Waals surface area contributed by atoms with Crippen LogP contribution in [0.3, 0.4) is 0 Å². The monoisotopic (exact) mass is 251 g/mol. The maximum absolute atomic E-state index is 13.2. The minimum absolute atomic E-state index is 0.0412. The fourth-order valence-electron chi connectivity index (χ4n) is 1.16. The molecule has 0 unspecified atom stereocenters. The van der Waals surface area contributed by atoms with Crippen LogP contribution in [0.1, 0.15) is 6.42 Å². The third kappa shape index (κ3) is 4.25. The molecule has 96 valence electrons. The molecule has 0 aliphatic rings. The van der Waals surface area contributed by atoms with E-state index in [-0.39, 0.29) is 30.4 Å². The van der Waals surface area contributed by atoms with Crippen molar-refractivity contribution in [3.8, 4) is 5.75 Å². The van der Waals surface area contributed by atoms with E-state index in [4.69, 9.17) is 15.9 Å². The Morgan fingerprint density at radius 2 is 2.22 bits per heavy atom. The molecule has 1 rings (SSSR count). The van der Waals surface area contributed by atoms with Gasteiger partial charge in [0.15, 0.2) is 11.6 Å². The third-order valence-electron chi connectivity index (χ3n) is 2.04. The SMILES string of the molecule is N=C/C(=C\N)NC(=O)CCOc1ccccc1F. The molecule has 0 saturated heterocycles. The molecule has 0 radical (unpaired) electrons. The summed E-state index contributed by atoms with van der Waals surface area (Å²) in [7, 11) is 0. The Balaban J connectivity index is 2.36. The molecule has 0 heterocycles. The number of halogens is 1. The molecule has 0 saturated carbocycles. The molecule has 0 aliphatic carbocycles. The zero-order chi connectivity index (χ0) is 13.4. The lowest BCUT2D eigenvalue weighted by atomic mass is 10.3. The Morgan fingerprint density at radius 3 is 2.83 bits per heavy atom. The second-order valence-electron chi connectivity index (χ2n) is 3.34. The summed E-state index contributed by atoms with van der Waals surface area (Å²) in [6.07, 6.45) is 2.08. The predicted octanol–water partition coefficient (Wildman–Crippen LogP) is 1.16. The van der Waals surface area contributed by atoms with Crippen molar-refractivity contribution < 1.29 is 13.9 Å². The lowest BCUT2D eigenvalue weighted by Crippen LogP contribution is -2.25. The fourth-order valence-corrected chi connectivity index (χ4v) is 1.16. The molecule has 0 aromatic heterocycles. The van der Waals surface area contributed by atoms with Gasteiger partial charge in [0.2, 0.25) is 5.91 Å². The predicted molar refractivity (Wildman–Crippen MR) is 65.7 cm³/mol. The second kappa shape index (κ2) is 7.05. The van der Waals surface area contributed by atoms with Crippen molar-refractivity contribution in [3.05, 3.63) is 42.0 Å². The summed E-state index contributed by atoms with van der Waals surface area (Å²) < 4.78 is 18.3. The quantitative estimate of drug-likeness (QED) is 0.663. The normalized spacial score (nSPS) is 10.8. The molecule has 1 aromatic carbocycles. The van der Waals surface area contributed by atoms with Crippen LogP contribution in [0, 0.1) is 11.2 Å². The number of amides is 1. The van der Waals surface area contributed by atoms with Crippen LogP contribution in [-0.2, 0) is 4.79 Å². The van der Waals surface area contributed by atoms with Crippen molar-refractivity contribution in [1.82, 2.24) is 5.32 Å². The zero-order valence-electron chi connectivity index (χ0n) is 9.65. The van der Waals surface area contributed by atoms with Gasteiger partial charge in [-0.05, 0) is 12.1 Å². The second-order valence-corrected chi connectivity index (χ2v) is 3.34. The van der Waals surface area contributed by atoms with Crippen LogP contribution >= 0.6 is 0 Å². The average molecular weight is 251 g/mol. The van der Waals surface area contributed by atoms with E-state index in [0.29, 0.717) is 0 Å². The Morgan fingerprint density at radius 1 is 1.50 bits per heavy atom. The molecule has 5 nitrogen and oxygen atoms in total. The first-order valence-corrected chi connectivity index (χ1v) is 5.27. The van der Waals surface area contributed by atoms with E-state index in [1.54, 1.807) is 12.1 Å². The summed E-state index contributed by atoms with van der Waals surface area (Å²) in [5, 5.41) is 9.32. The number of ether oxygens (including phenoxy) is 1. The number of carbonyl (C=O) groups is 1. The maximum atomic E-state index is 13.2. The summed E-state index contributed by atoms with van der Waals surface area (Å²) >= 11 is 0. The van der Waals surface area contributed by atoms with Crippen LogP contribution in [0.15, 0.2) is 36.2 Å². The van der Waals surface area contributed by atoms with E-state index < -0.39 is 5.82 Å². The minimum atomic E-state index is -0.472. The number of hydrogen-bond acceptors (Lipinski definition) is 4. The fraction of sp³-hybridized carbons (Fsp3) is 0.167. The highest BCUT2D eigenvalue weighted by atomic mass is 19.1. The molecule has 0 spiro atoms. The van der Waals surface area contributed by atoms with Crippen LogP contribution in [0.2, 0.25) is 0 Å². The van der Waals surface area contributed by atoms with Gasteiger partial charge in [-0.3, -0.25) is 4.79 Å². The number of nitrogens with two attached hydrogens (primary N) is 1. The topological polar surface area (TPSA) is 88.2 Å². The van der Waals surface area contributed by atoms with Gasteiger partial charge in [0, 0.05) is 12.4 Å². The van der Waals surface area contributed by atoms with E-state index in [2.05, 4.69) is 5.32 Å². The summed E-state index contributed by atoms with van der Waals surface area (Å²) in [5.74, 6) is -0.724. The number of carbonyl (C=O) groups excluding carboxylic acids is 1. The number of rotatable bonds is 6. The molecule has 6 heteroatoms. The van der Waals surface area contributed by atoms with Crippen LogP contribution < -0.4 is 15.8 Å². The Hall–Kier alpha value is -2.37. The summed E-state index contributed by atoms with van der Waals surface area (Å²) in [6, 6.07) is 5.95. The smallest absolute Gasteiger partial charge is 0.227 e. The molecule has 0 fully saturated rings. The third-order valence-corrected chi connectivity index (χ3v) is 2.04. The molecular weight excluding hydrogens is 237 g/mol. The van der Waals surface area contributed by atoms with E-state index in [9.17, 15) is 9.18 Å². The number of allylic oxidation sites excluding steroid dienone is 1. The van der Waals surface area contributed by atoms with E-state index >= 15 is 0 Å². The molecule has 0 bridgehead atoms. The van der Waals surface area contributed by atoms with Crippen molar-refractivity contribution >= 4 is 12.1 Å². The molecule has 0 atom stereocenters. The van der Waals surface area contributed by atoms with Crippen molar-refractivity contribution in [2.45, 2.75) is 6.42 Å². The van der Waals surface area contributed by atoms with Crippen molar-refractivity contribution in [1.29, 1.82) is 5.41 Å². The Bertz CT molecular complexity index is 460. The van der Waals surface area contributed by atoms with Crippen molar-refractivity contribution in [3.63, 3.8) is 0 Å². The Labute approximate surface area is 104 Å². The van der Waals surface area contributed by atoms with Gasteiger partial charge in [-0.15, -0.1) is 0 Å². The van der Waals surface area contributed by atoms with E-state index in [0.717, 1.165) is 12.4 Å². The van der Waals surface area contributed by atoms with Gasteiger partial charge in [0.25, 0.3) is 0 Å². The van der Waals surface area contributed by atoms with E-state index in [1.807, 2.05) is 0 Å². The highest BCUT2D eigenvalue weighted by molar-refractivity contribution is 5.86. The lowest BCUT2D eigenvalue weighted by molar-refractivity contribution is -0.120. The van der Waals surface area contributed by atoms with Gasteiger partial charge in [0.05, 0.1) is 18.7 Å². The molecule has 0 aliphatic heterocycles. The van der Waals surface area contributed by atoms with Crippen LogP contribution in [0.25, 0.3) is 0 Å². The van der Waals surface area contributed by atoms with Gasteiger partial charge in [-0.25, -0.2) is 4.39 Å². The first-order valence-electron chi connectivity index (χ1n) is 5.27. The lowest BCUT2D eigenvalue weighted by Gasteiger charge is -2.07. The van der Waals surface area contributed by atoms with Gasteiger partial charge >= 0.3 is 0 Å². The summed E-state index contributed by atoms with van der Waals surface area (Å²) in [6.45, 7) is 0.0443. The van der Waals surface area contributed by atoms with E-state index in [1.165, 1.54) is 12.1 Å². The number of hydrogen-bond donors (Lipinski definition) is 3. The van der Waals surface area contributed by atoms with Crippen LogP contribution in [0.5, 0.6) is 5.75 Å². The van der Waals surface area contributed by atoms with Gasteiger partial charge in [-0.1, -0.05) is 12.1 Å². The van der Waals surface area contributed by atoms with Crippen LogP contribution in [-0.4, -0.2) is 18.7 Å². The van der Waals surface area contributed by atoms with Crippen molar-refractivity contribution in [2.75, 3.05) is 6.61 Å². The van der Waals surface area contributed by atoms with Crippen LogP contribution in [0.4, 0.5) is 4.39 Å². The molecule has 1 aromatic rings. The van der Waals surface area contributed by atoms with Gasteiger partial charge in [-0.2, -0.15) is 0 Å². The molecule has 18 heavy (non-hydrogen) atoms. The maximum Gasteiger partial charge on any atom is 0.227 e. The van der Waals surface area contributed by atoms with Gasteiger partial charge < -0.3 is 21.2 Å².